The second kappa shape index (κ2) is 7.67. The van der Waals surface area contributed by atoms with Crippen LogP contribution in [0.3, 0.4) is 0 Å². The third kappa shape index (κ3) is 5.04. The summed E-state index contributed by atoms with van der Waals surface area (Å²) >= 11 is 0. The number of hydrogen-bond acceptors (Lipinski definition) is 3. The van der Waals surface area contributed by atoms with Crippen molar-refractivity contribution in [1.29, 1.82) is 0 Å². The molecule has 0 spiro atoms. The quantitative estimate of drug-likeness (QED) is 0.649. The summed E-state index contributed by atoms with van der Waals surface area (Å²) in [6, 6.07) is 0. The number of rotatable bonds is 7. The third-order valence-electron chi connectivity index (χ3n) is 3.54. The Morgan fingerprint density at radius 3 is 2.53 bits per heavy atom. The molecule has 4 nitrogen and oxygen atoms in total. The molecule has 0 radical (unpaired) electrons. The number of nitrogens with zero attached hydrogens (tertiary/aromatic N) is 1. The lowest BCUT2D eigenvalue weighted by molar-refractivity contribution is -0.125. The zero-order valence-corrected chi connectivity index (χ0v) is 11.2. The number of hydrogen-bond donors (Lipinski definition) is 2. The van der Waals surface area contributed by atoms with Crippen LogP contribution in [-0.2, 0) is 4.79 Å². The Balaban J connectivity index is 2.10. The van der Waals surface area contributed by atoms with Crippen molar-refractivity contribution in [1.82, 2.24) is 10.2 Å². The largest absolute Gasteiger partial charge is 0.356 e. The van der Waals surface area contributed by atoms with Gasteiger partial charge in [-0.1, -0.05) is 13.8 Å². The Hall–Kier alpha value is -0.610. The standard InChI is InChI=1S/C13H27N3O/c1-11(2)12(10-14)13(17)15-6-5-9-16-7-3-4-8-16/h11-12H,3-10,14H2,1-2H3,(H,15,17). The highest BCUT2D eigenvalue weighted by atomic mass is 16.1. The van der Waals surface area contributed by atoms with Crippen molar-refractivity contribution < 1.29 is 4.79 Å². The highest BCUT2D eigenvalue weighted by Crippen LogP contribution is 2.09. The van der Waals surface area contributed by atoms with Gasteiger partial charge in [0.25, 0.3) is 0 Å². The molecule has 1 heterocycles. The summed E-state index contributed by atoms with van der Waals surface area (Å²) in [7, 11) is 0. The van der Waals surface area contributed by atoms with E-state index in [1.54, 1.807) is 0 Å². The summed E-state index contributed by atoms with van der Waals surface area (Å²) in [4.78, 5) is 14.3. The minimum atomic E-state index is -0.0400. The molecule has 1 atom stereocenters. The molecule has 1 saturated heterocycles. The van der Waals surface area contributed by atoms with Gasteiger partial charge in [-0.05, 0) is 44.8 Å². The minimum absolute atomic E-state index is 0.0400. The molecule has 100 valence electrons. The van der Waals surface area contributed by atoms with Gasteiger partial charge in [-0.2, -0.15) is 0 Å². The molecule has 1 amide bonds. The minimum Gasteiger partial charge on any atom is -0.356 e. The van der Waals surface area contributed by atoms with Crippen LogP contribution in [0.2, 0.25) is 0 Å². The number of carbonyl (C=O) groups excluding carboxylic acids is 1. The predicted molar refractivity (Wildman–Crippen MR) is 70.7 cm³/mol. The number of likely N-dealkylation sites (tertiary alicyclic amines) is 1. The molecule has 0 aromatic carbocycles. The number of amides is 1. The molecule has 4 heteroatoms. The van der Waals surface area contributed by atoms with Crippen LogP contribution in [0.5, 0.6) is 0 Å². The molecule has 1 fully saturated rings. The molecule has 17 heavy (non-hydrogen) atoms. The molecule has 1 unspecified atom stereocenters. The van der Waals surface area contributed by atoms with Crippen LogP contribution in [0.4, 0.5) is 0 Å². The molecule has 0 bridgehead atoms. The average molecular weight is 241 g/mol. The lowest BCUT2D eigenvalue weighted by atomic mass is 9.95. The van der Waals surface area contributed by atoms with Crippen molar-refractivity contribution in [2.24, 2.45) is 17.6 Å². The first-order valence-corrected chi connectivity index (χ1v) is 6.85. The van der Waals surface area contributed by atoms with Crippen LogP contribution in [0.25, 0.3) is 0 Å². The molecule has 0 aromatic heterocycles. The van der Waals surface area contributed by atoms with Gasteiger partial charge >= 0.3 is 0 Å². The number of carbonyl (C=O) groups is 1. The Morgan fingerprint density at radius 1 is 1.35 bits per heavy atom. The topological polar surface area (TPSA) is 58.4 Å². The van der Waals surface area contributed by atoms with Crippen molar-refractivity contribution in [3.8, 4) is 0 Å². The van der Waals surface area contributed by atoms with Gasteiger partial charge in [0.05, 0.1) is 5.92 Å². The highest BCUT2D eigenvalue weighted by molar-refractivity contribution is 5.79. The number of nitrogens with two attached hydrogens (primary N) is 1. The van der Waals surface area contributed by atoms with Gasteiger partial charge in [0.2, 0.25) is 5.91 Å². The van der Waals surface area contributed by atoms with Crippen LogP contribution >= 0.6 is 0 Å². The fourth-order valence-electron chi connectivity index (χ4n) is 2.33. The zero-order valence-electron chi connectivity index (χ0n) is 11.2. The van der Waals surface area contributed by atoms with E-state index in [0.717, 1.165) is 19.5 Å². The Labute approximate surface area is 105 Å². The molecular formula is C13H27N3O. The zero-order chi connectivity index (χ0) is 12.7. The van der Waals surface area contributed by atoms with Crippen molar-refractivity contribution in [3.05, 3.63) is 0 Å². The van der Waals surface area contributed by atoms with Gasteiger partial charge in [0, 0.05) is 13.1 Å². The van der Waals surface area contributed by atoms with Gasteiger partial charge in [0.15, 0.2) is 0 Å². The smallest absolute Gasteiger partial charge is 0.224 e. The molecule has 0 aromatic rings. The molecule has 3 N–H and O–H groups in total. The van der Waals surface area contributed by atoms with Crippen LogP contribution in [-0.4, -0.2) is 43.5 Å². The van der Waals surface area contributed by atoms with E-state index in [0.29, 0.717) is 12.5 Å². The summed E-state index contributed by atoms with van der Waals surface area (Å²) in [5.74, 6) is 0.393. The first-order chi connectivity index (χ1) is 8.15. The van der Waals surface area contributed by atoms with E-state index in [2.05, 4.69) is 10.2 Å². The van der Waals surface area contributed by atoms with Gasteiger partial charge in [-0.15, -0.1) is 0 Å². The van der Waals surface area contributed by atoms with E-state index in [4.69, 9.17) is 5.73 Å². The third-order valence-corrected chi connectivity index (χ3v) is 3.54. The Bertz CT molecular complexity index is 225. The maximum atomic E-state index is 11.8. The molecule has 1 aliphatic rings. The maximum absolute atomic E-state index is 11.8. The van der Waals surface area contributed by atoms with E-state index in [1.165, 1.54) is 25.9 Å². The monoisotopic (exact) mass is 241 g/mol. The van der Waals surface area contributed by atoms with Gasteiger partial charge in [-0.25, -0.2) is 0 Å². The molecule has 0 aliphatic carbocycles. The van der Waals surface area contributed by atoms with Crippen LogP contribution in [0.1, 0.15) is 33.1 Å². The first kappa shape index (κ1) is 14.5. The van der Waals surface area contributed by atoms with Gasteiger partial charge in [0.1, 0.15) is 0 Å². The normalized spacial score (nSPS) is 18.6. The average Bonchev–Trinajstić information content (AvgIpc) is 2.77. The summed E-state index contributed by atoms with van der Waals surface area (Å²) in [5, 5.41) is 2.99. The molecule has 0 saturated carbocycles. The SMILES string of the molecule is CC(C)C(CN)C(=O)NCCCN1CCCC1. The summed E-state index contributed by atoms with van der Waals surface area (Å²) in [6.07, 6.45) is 3.70. The summed E-state index contributed by atoms with van der Waals surface area (Å²) < 4.78 is 0. The molecule has 1 rings (SSSR count). The van der Waals surface area contributed by atoms with Crippen molar-refractivity contribution >= 4 is 5.91 Å². The summed E-state index contributed by atoms with van der Waals surface area (Å²) in [5.41, 5.74) is 5.61. The highest BCUT2D eigenvalue weighted by Gasteiger charge is 2.19. The van der Waals surface area contributed by atoms with Crippen molar-refractivity contribution in [2.75, 3.05) is 32.7 Å². The second-order valence-corrected chi connectivity index (χ2v) is 5.28. The first-order valence-electron chi connectivity index (χ1n) is 6.85. The number of nitrogens with one attached hydrogen (secondary N) is 1. The molecular weight excluding hydrogens is 214 g/mol. The van der Waals surface area contributed by atoms with Crippen molar-refractivity contribution in [2.45, 2.75) is 33.1 Å². The van der Waals surface area contributed by atoms with Crippen LogP contribution in [0.15, 0.2) is 0 Å². The van der Waals surface area contributed by atoms with E-state index in [9.17, 15) is 4.79 Å². The van der Waals surface area contributed by atoms with Gasteiger partial charge in [-0.3, -0.25) is 4.79 Å². The lowest BCUT2D eigenvalue weighted by Crippen LogP contribution is -2.39. The van der Waals surface area contributed by atoms with E-state index >= 15 is 0 Å². The lowest BCUT2D eigenvalue weighted by Gasteiger charge is -2.19. The fraction of sp³-hybridized carbons (Fsp3) is 0.923. The fourth-order valence-corrected chi connectivity index (χ4v) is 2.33. The van der Waals surface area contributed by atoms with Crippen LogP contribution < -0.4 is 11.1 Å². The van der Waals surface area contributed by atoms with Crippen LogP contribution in [0, 0.1) is 11.8 Å². The van der Waals surface area contributed by atoms with Gasteiger partial charge < -0.3 is 16.0 Å². The van der Waals surface area contributed by atoms with E-state index in [-0.39, 0.29) is 11.8 Å². The van der Waals surface area contributed by atoms with Crippen molar-refractivity contribution in [3.63, 3.8) is 0 Å². The molecule has 1 aliphatic heterocycles. The Kier molecular flexibility index (Phi) is 6.52. The second-order valence-electron chi connectivity index (χ2n) is 5.28. The van der Waals surface area contributed by atoms with E-state index in [1.807, 2.05) is 13.8 Å². The maximum Gasteiger partial charge on any atom is 0.224 e. The summed E-state index contributed by atoms with van der Waals surface area (Å²) in [6.45, 7) is 8.86. The van der Waals surface area contributed by atoms with E-state index < -0.39 is 0 Å². The Morgan fingerprint density at radius 2 is 2.00 bits per heavy atom. The predicted octanol–water partition coefficient (Wildman–Crippen LogP) is 0.819.